The van der Waals surface area contributed by atoms with Gasteiger partial charge in [-0.1, -0.05) is 17.7 Å². The summed E-state index contributed by atoms with van der Waals surface area (Å²) in [5.74, 6) is -0.596. The highest BCUT2D eigenvalue weighted by atomic mass is 35.5. The number of benzene rings is 1. The van der Waals surface area contributed by atoms with Crippen LogP contribution in [0.5, 0.6) is 0 Å². The normalized spacial score (nSPS) is 22.7. The van der Waals surface area contributed by atoms with Crippen LogP contribution >= 0.6 is 24.0 Å². The van der Waals surface area contributed by atoms with Crippen LogP contribution < -0.4 is 10.0 Å². The van der Waals surface area contributed by atoms with Crippen LogP contribution in [0.15, 0.2) is 18.2 Å². The predicted molar refractivity (Wildman–Crippen MR) is 86.6 cm³/mol. The molecule has 0 radical (unpaired) electrons. The van der Waals surface area contributed by atoms with Gasteiger partial charge in [0.1, 0.15) is 5.82 Å². The van der Waals surface area contributed by atoms with Crippen LogP contribution in [0.25, 0.3) is 0 Å². The number of hydrogen-bond donors (Lipinski definition) is 2. The van der Waals surface area contributed by atoms with E-state index in [1.54, 1.807) is 6.07 Å². The number of ether oxygens (including phenoxy) is 1. The molecule has 22 heavy (non-hydrogen) atoms. The molecule has 1 aromatic rings. The third-order valence-corrected chi connectivity index (χ3v) is 4.27. The molecule has 0 bridgehead atoms. The maximum Gasteiger partial charge on any atom is 0.208 e. The Hall–Kier alpha value is -0.440. The molecule has 0 saturated carbocycles. The van der Waals surface area contributed by atoms with Crippen molar-refractivity contribution in [2.75, 3.05) is 32.5 Å². The van der Waals surface area contributed by atoms with Crippen molar-refractivity contribution in [1.29, 1.82) is 0 Å². The molecule has 1 aliphatic heterocycles. The molecular weight excluding hydrogens is 354 g/mol. The van der Waals surface area contributed by atoms with Crippen LogP contribution in [0.1, 0.15) is 11.7 Å². The van der Waals surface area contributed by atoms with E-state index in [1.807, 2.05) is 0 Å². The van der Waals surface area contributed by atoms with Gasteiger partial charge in [0.25, 0.3) is 0 Å². The molecule has 5 nitrogen and oxygen atoms in total. The largest absolute Gasteiger partial charge is 0.372 e. The zero-order valence-electron chi connectivity index (χ0n) is 12.0. The van der Waals surface area contributed by atoms with Crippen molar-refractivity contribution in [3.63, 3.8) is 0 Å². The first-order valence-corrected chi connectivity index (χ1v) is 8.85. The summed E-state index contributed by atoms with van der Waals surface area (Å²) >= 11 is 5.81. The lowest BCUT2D eigenvalue weighted by atomic mass is 9.95. The van der Waals surface area contributed by atoms with Gasteiger partial charge >= 0.3 is 0 Å². The number of rotatable bonds is 4. The van der Waals surface area contributed by atoms with Crippen molar-refractivity contribution in [2.24, 2.45) is 5.92 Å². The number of sulfonamides is 1. The van der Waals surface area contributed by atoms with E-state index >= 15 is 0 Å². The monoisotopic (exact) mass is 372 g/mol. The van der Waals surface area contributed by atoms with E-state index in [0.29, 0.717) is 19.7 Å². The summed E-state index contributed by atoms with van der Waals surface area (Å²) < 4.78 is 44.1. The standard InChI is InChI=1S/C13H18ClFN2O3S.ClH/c1-21(18,19)17-8-10-7-16-4-5-20-13(10)9-2-3-12(15)11(14)6-9;/h2-3,6,10,13,16-17H,4-5,7-8H2,1H3;1H. The van der Waals surface area contributed by atoms with E-state index in [-0.39, 0.29) is 36.0 Å². The highest BCUT2D eigenvalue weighted by Gasteiger charge is 2.27. The van der Waals surface area contributed by atoms with E-state index in [4.69, 9.17) is 16.3 Å². The van der Waals surface area contributed by atoms with Crippen LogP contribution in [-0.2, 0) is 14.8 Å². The van der Waals surface area contributed by atoms with Gasteiger partial charge in [-0.3, -0.25) is 0 Å². The molecule has 1 aliphatic rings. The maximum atomic E-state index is 13.3. The Bertz CT molecular complexity index is 601. The van der Waals surface area contributed by atoms with E-state index in [9.17, 15) is 12.8 Å². The molecule has 2 N–H and O–H groups in total. The molecular formula is C13H19Cl2FN2O3S. The number of nitrogens with one attached hydrogen (secondary N) is 2. The van der Waals surface area contributed by atoms with Gasteiger partial charge in [0.05, 0.1) is 24.0 Å². The van der Waals surface area contributed by atoms with Crippen LogP contribution in [0, 0.1) is 11.7 Å². The van der Waals surface area contributed by atoms with Crippen LogP contribution in [-0.4, -0.2) is 40.9 Å². The lowest BCUT2D eigenvalue weighted by Gasteiger charge is -2.25. The molecule has 1 aromatic carbocycles. The zero-order valence-corrected chi connectivity index (χ0v) is 14.4. The number of halogens is 3. The Kier molecular flexibility index (Phi) is 7.51. The first-order valence-electron chi connectivity index (χ1n) is 6.59. The fourth-order valence-corrected chi connectivity index (χ4v) is 2.99. The summed E-state index contributed by atoms with van der Waals surface area (Å²) in [6.07, 6.45) is 0.772. The second-order valence-corrected chi connectivity index (χ2v) is 7.29. The predicted octanol–water partition coefficient (Wildman–Crippen LogP) is 1.73. The molecule has 1 saturated heterocycles. The molecule has 9 heteroatoms. The van der Waals surface area contributed by atoms with E-state index in [1.165, 1.54) is 12.1 Å². The molecule has 0 amide bonds. The third-order valence-electron chi connectivity index (χ3n) is 3.29. The average molecular weight is 373 g/mol. The van der Waals surface area contributed by atoms with Gasteiger partial charge in [-0.05, 0) is 17.7 Å². The third kappa shape index (κ3) is 5.64. The van der Waals surface area contributed by atoms with Gasteiger partial charge in [-0.15, -0.1) is 12.4 Å². The minimum Gasteiger partial charge on any atom is -0.372 e. The van der Waals surface area contributed by atoms with Gasteiger partial charge in [0, 0.05) is 25.6 Å². The van der Waals surface area contributed by atoms with E-state index in [0.717, 1.165) is 11.8 Å². The molecule has 2 rings (SSSR count). The van der Waals surface area contributed by atoms with Crippen molar-refractivity contribution in [1.82, 2.24) is 10.0 Å². The summed E-state index contributed by atoms with van der Waals surface area (Å²) in [6, 6.07) is 4.44. The van der Waals surface area contributed by atoms with Crippen molar-refractivity contribution >= 4 is 34.0 Å². The topological polar surface area (TPSA) is 67.4 Å². The van der Waals surface area contributed by atoms with Gasteiger partial charge in [-0.2, -0.15) is 0 Å². The minimum absolute atomic E-state index is 0. The Morgan fingerprint density at radius 3 is 2.86 bits per heavy atom. The first-order chi connectivity index (χ1) is 9.87. The van der Waals surface area contributed by atoms with E-state index < -0.39 is 15.8 Å². The molecule has 0 aliphatic carbocycles. The van der Waals surface area contributed by atoms with Crippen molar-refractivity contribution in [2.45, 2.75) is 6.10 Å². The lowest BCUT2D eigenvalue weighted by Crippen LogP contribution is -2.36. The minimum atomic E-state index is -3.28. The highest BCUT2D eigenvalue weighted by molar-refractivity contribution is 7.88. The fourth-order valence-electron chi connectivity index (χ4n) is 2.28. The Labute approximate surface area is 141 Å². The van der Waals surface area contributed by atoms with Gasteiger partial charge in [0.15, 0.2) is 0 Å². The quantitative estimate of drug-likeness (QED) is 0.844. The van der Waals surface area contributed by atoms with Crippen LogP contribution in [0.2, 0.25) is 5.02 Å². The summed E-state index contributed by atoms with van der Waals surface area (Å²) in [4.78, 5) is 0. The van der Waals surface area contributed by atoms with Crippen LogP contribution in [0.3, 0.4) is 0 Å². The molecule has 2 unspecified atom stereocenters. The molecule has 0 aromatic heterocycles. The fraction of sp³-hybridized carbons (Fsp3) is 0.538. The van der Waals surface area contributed by atoms with Crippen molar-refractivity contribution in [3.05, 3.63) is 34.6 Å². The van der Waals surface area contributed by atoms with Gasteiger partial charge < -0.3 is 10.1 Å². The zero-order chi connectivity index (χ0) is 15.5. The Morgan fingerprint density at radius 2 is 2.23 bits per heavy atom. The number of hydrogen-bond acceptors (Lipinski definition) is 4. The van der Waals surface area contributed by atoms with Gasteiger partial charge in [-0.25, -0.2) is 17.5 Å². The van der Waals surface area contributed by atoms with E-state index in [2.05, 4.69) is 10.0 Å². The Balaban J connectivity index is 0.00000242. The summed E-state index contributed by atoms with van der Waals surface area (Å²) in [5.41, 5.74) is 0.741. The SMILES string of the molecule is CS(=O)(=O)NCC1CNCCOC1c1ccc(F)c(Cl)c1.Cl. The van der Waals surface area contributed by atoms with Gasteiger partial charge in [0.2, 0.25) is 10.0 Å². The molecule has 0 spiro atoms. The average Bonchev–Trinajstić information content (AvgIpc) is 2.64. The lowest BCUT2D eigenvalue weighted by molar-refractivity contribution is 0.0322. The second kappa shape index (κ2) is 8.42. The van der Waals surface area contributed by atoms with Crippen molar-refractivity contribution in [3.8, 4) is 0 Å². The summed E-state index contributed by atoms with van der Waals surface area (Å²) in [6.45, 7) is 2.02. The second-order valence-electron chi connectivity index (χ2n) is 5.05. The molecule has 2 atom stereocenters. The molecule has 1 fully saturated rings. The summed E-state index contributed by atoms with van der Waals surface area (Å²) in [5, 5.41) is 3.22. The first kappa shape index (κ1) is 19.6. The Morgan fingerprint density at radius 1 is 1.50 bits per heavy atom. The summed E-state index contributed by atoms with van der Waals surface area (Å²) in [7, 11) is -3.28. The van der Waals surface area contributed by atoms with Crippen molar-refractivity contribution < 1.29 is 17.5 Å². The highest BCUT2D eigenvalue weighted by Crippen LogP contribution is 2.29. The molecule has 1 heterocycles. The smallest absolute Gasteiger partial charge is 0.208 e. The van der Waals surface area contributed by atoms with Crippen LogP contribution in [0.4, 0.5) is 4.39 Å². The maximum absolute atomic E-state index is 13.3. The molecule has 126 valence electrons.